The first kappa shape index (κ1) is 99.2. The van der Waals surface area contributed by atoms with Crippen LogP contribution in [0.15, 0.2) is 213 Å². The van der Waals surface area contributed by atoms with Crippen LogP contribution in [0.25, 0.3) is 0 Å². The topological polar surface area (TPSA) is 343 Å². The van der Waals surface area contributed by atoms with Gasteiger partial charge < -0.3 is 4.52 Å². The predicted molar refractivity (Wildman–Crippen MR) is 442 cm³/mol. The van der Waals surface area contributed by atoms with Gasteiger partial charge in [0.2, 0.25) is 23.1 Å². The zero-order valence-electron chi connectivity index (χ0n) is 63.5. The minimum atomic E-state index is -4.90. The molecule has 0 unspecified atom stereocenters. The number of aromatic nitrogens is 6. The van der Waals surface area contributed by atoms with E-state index in [1.807, 2.05) is 18.6 Å². The summed E-state index contributed by atoms with van der Waals surface area (Å²) in [6.07, 6.45) is -13.5. The number of carbonyl (C=O) groups is 4. The molecule has 0 aliphatic heterocycles. The summed E-state index contributed by atoms with van der Waals surface area (Å²) in [5.41, 5.74) is -6.51. The van der Waals surface area contributed by atoms with Crippen molar-refractivity contribution < 1.29 is 114 Å². The van der Waals surface area contributed by atoms with Gasteiger partial charge in [-0.05, 0) is 154 Å². The number of nitrogens with one attached hydrogen (secondary N) is 4. The molecule has 0 saturated carbocycles. The van der Waals surface area contributed by atoms with Crippen molar-refractivity contribution >= 4 is 179 Å². The maximum Gasteiger partial charge on any atom is 0.417 e. The number of ketones is 4. The quantitative estimate of drug-likeness (QED) is 0.0383. The van der Waals surface area contributed by atoms with E-state index in [1.165, 1.54) is 44.3 Å². The van der Waals surface area contributed by atoms with Crippen LogP contribution in [0.5, 0.6) is 0 Å². The van der Waals surface area contributed by atoms with Crippen LogP contribution in [-0.4, -0.2) is 86.9 Å². The second-order valence-corrected chi connectivity index (χ2v) is 36.2. The monoisotopic (exact) mass is 1990 g/mol. The number of pyridine rings is 5. The summed E-state index contributed by atoms with van der Waals surface area (Å²) in [4.78, 5) is 68.7. The first-order valence-electron chi connectivity index (χ1n) is 34.5. The van der Waals surface area contributed by atoms with Gasteiger partial charge in [-0.25, -0.2) is 58.0 Å². The lowest BCUT2D eigenvalue weighted by molar-refractivity contribution is -0.138. The van der Waals surface area contributed by atoms with E-state index in [0.717, 1.165) is 104 Å². The summed E-state index contributed by atoms with van der Waals surface area (Å²) in [6, 6.07) is 27.4. The van der Waals surface area contributed by atoms with Crippen molar-refractivity contribution in [3.63, 3.8) is 0 Å². The van der Waals surface area contributed by atoms with Gasteiger partial charge in [-0.1, -0.05) is 148 Å². The fraction of sp³-hybridized carbons (Fsp3) is 0.128. The summed E-state index contributed by atoms with van der Waals surface area (Å²) in [6.45, 7) is 8.35. The molecule has 0 fully saturated rings. The molecule has 0 saturated heterocycles. The zero-order chi connectivity index (χ0) is 93.6. The molecule has 0 radical (unpaired) electrons. The van der Waals surface area contributed by atoms with Crippen molar-refractivity contribution in [3.05, 3.63) is 325 Å². The molecular weight excluding hydrogens is 1940 g/mol. The average Bonchev–Trinajstić information content (AvgIpc) is 0.910. The Kier molecular flexibility index (Phi) is 30.9. The number of hydrogen-bond donors (Lipinski definition) is 4. The molecular formula is C78H51Cl8F13N10O13S4. The molecule has 6 aromatic heterocycles. The minimum Gasteiger partial charge on any atom is -0.361 e. The molecule has 23 nitrogen and oxygen atoms in total. The summed E-state index contributed by atoms with van der Waals surface area (Å²) in [5, 5.41) is 0.953. The Labute approximate surface area is 746 Å². The molecule has 0 aliphatic carbocycles. The van der Waals surface area contributed by atoms with Gasteiger partial charge in [0.05, 0.1) is 127 Å². The molecule has 0 bridgehead atoms. The van der Waals surface area contributed by atoms with Gasteiger partial charge in [0.1, 0.15) is 34.4 Å². The Bertz CT molecular complexity index is 6560. The molecule has 0 spiro atoms. The molecule has 0 atom stereocenters. The number of aryl methyl sites for hydroxylation is 3. The van der Waals surface area contributed by atoms with Crippen LogP contribution >= 0.6 is 92.8 Å². The number of halogens is 21. The van der Waals surface area contributed by atoms with Gasteiger partial charge >= 0.3 is 24.7 Å². The standard InChI is InChI=1S/C21H16Cl2F3N3O3S.C20H13Cl2F3N2O3S.C19H10Cl2F4N2O3S.C18H12Cl2F3N3O4S/c1-11(2)18-14(4-3-7-27-18)20(30)19-17(8-12(22)10-28-19)29-33(31,32)13-5-6-16(23)15(9-13)21(24,25)26;1-11-4-2-3-5-14(11)19(28)18-17(8-12(21)10-26-18)27-31(29,30)13-6-7-16(22)15(9-13)20(23,24)25;20-10-7-16(17(26-9-10)18(28)12-3-1-2-4-15(12)22)27-31(29,30)11-5-6-14(21)13(8-11)19(23,24)25;1-8-15(9(2)30-25-8)17(27)16-14(5-10(19)7-24-16)26-31(28,29)11-3-4-13(20)12(6-11)18(21,22)23/h3-11,29H,1-2H3;2-10,27H,1H3;1-9,27H;3-7,26H,1-2H3. The molecule has 6 heterocycles. The van der Waals surface area contributed by atoms with E-state index in [1.54, 1.807) is 37.3 Å². The highest BCUT2D eigenvalue weighted by Gasteiger charge is 2.40. The summed E-state index contributed by atoms with van der Waals surface area (Å²) < 4.78 is 287. The number of carbonyl (C=O) groups excluding carboxylic acids is 4. The zero-order valence-corrected chi connectivity index (χ0v) is 72.8. The van der Waals surface area contributed by atoms with Gasteiger partial charge in [-0.15, -0.1) is 0 Å². The summed E-state index contributed by atoms with van der Waals surface area (Å²) >= 11 is 45.8. The van der Waals surface area contributed by atoms with E-state index in [4.69, 9.17) is 97.3 Å². The number of alkyl halides is 12. The Hall–Kier alpha value is -10.6. The third kappa shape index (κ3) is 24.2. The fourth-order valence-corrected chi connectivity index (χ4v) is 16.9. The lowest BCUT2D eigenvalue weighted by atomic mass is 9.98. The van der Waals surface area contributed by atoms with Gasteiger partial charge in [0.15, 0.2) is 0 Å². The van der Waals surface area contributed by atoms with Crippen molar-refractivity contribution in [2.24, 2.45) is 0 Å². The molecule has 0 amide bonds. The van der Waals surface area contributed by atoms with Crippen molar-refractivity contribution in [1.29, 1.82) is 0 Å². The van der Waals surface area contributed by atoms with Crippen molar-refractivity contribution in [2.45, 2.75) is 84.8 Å². The Morgan fingerprint density at radius 1 is 0.365 bits per heavy atom. The number of benzene rings is 6. The van der Waals surface area contributed by atoms with Gasteiger partial charge in [-0.3, -0.25) is 43.1 Å². The third-order valence-corrected chi connectivity index (χ3v) is 24.5. The fourth-order valence-electron chi connectivity index (χ4n) is 11.0. The number of sulfonamides is 4. The van der Waals surface area contributed by atoms with Crippen LogP contribution in [0, 0.1) is 26.6 Å². The average molecular weight is 2000 g/mol. The number of hydrogen-bond acceptors (Lipinski definition) is 19. The van der Waals surface area contributed by atoms with E-state index >= 15 is 0 Å². The smallest absolute Gasteiger partial charge is 0.361 e. The first-order chi connectivity index (χ1) is 58.4. The molecule has 662 valence electrons. The second-order valence-electron chi connectivity index (χ2n) is 26.1. The first-order valence-corrected chi connectivity index (χ1v) is 43.4. The highest BCUT2D eigenvalue weighted by atomic mass is 35.5. The SMILES string of the molecule is CC(C)c1ncccc1C(=O)c1ncc(Cl)cc1NS(=O)(=O)c1ccc(Cl)c(C(F)(F)F)c1.Cc1ccccc1C(=O)c1ncc(Cl)cc1NS(=O)(=O)c1ccc(Cl)c(C(F)(F)F)c1.Cc1noc(C)c1C(=O)c1ncc(Cl)cc1NS(=O)(=O)c1ccc(Cl)c(C(F)(F)F)c1.O=C(c1ccccc1F)c1ncc(Cl)cc1NS(=O)(=O)c1ccc(Cl)c(C(F)(F)F)c1. The number of nitrogens with zero attached hydrogens (tertiary/aromatic N) is 6. The highest BCUT2D eigenvalue weighted by molar-refractivity contribution is 7.93. The van der Waals surface area contributed by atoms with Crippen molar-refractivity contribution in [1.82, 2.24) is 30.1 Å². The van der Waals surface area contributed by atoms with E-state index in [9.17, 15) is 110 Å². The maximum atomic E-state index is 14.0. The molecule has 12 aromatic rings. The second kappa shape index (κ2) is 39.3. The van der Waals surface area contributed by atoms with Gasteiger partial charge in [0.25, 0.3) is 40.1 Å². The Balaban J connectivity index is 0.000000190. The molecule has 6 aromatic carbocycles. The Morgan fingerprint density at radius 3 is 0.944 bits per heavy atom. The van der Waals surface area contributed by atoms with E-state index in [-0.39, 0.29) is 93.9 Å². The number of rotatable bonds is 21. The van der Waals surface area contributed by atoms with Crippen LogP contribution in [-0.2, 0) is 64.8 Å². The van der Waals surface area contributed by atoms with Crippen molar-refractivity contribution in [2.75, 3.05) is 18.9 Å². The molecule has 126 heavy (non-hydrogen) atoms. The van der Waals surface area contributed by atoms with Crippen LogP contribution in [0.2, 0.25) is 40.2 Å². The molecule has 48 heteroatoms. The Morgan fingerprint density at radius 2 is 0.651 bits per heavy atom. The van der Waals surface area contributed by atoms with Crippen molar-refractivity contribution in [3.8, 4) is 0 Å². The van der Waals surface area contributed by atoms with E-state index in [2.05, 4.69) is 44.2 Å². The lowest BCUT2D eigenvalue weighted by Gasteiger charge is -2.15. The molecule has 0 aliphatic rings. The van der Waals surface area contributed by atoms with E-state index < -0.39 is 167 Å². The normalized spacial score (nSPS) is 12.0. The highest BCUT2D eigenvalue weighted by Crippen LogP contribution is 2.42. The van der Waals surface area contributed by atoms with Crippen LogP contribution in [0.4, 0.5) is 79.8 Å². The minimum absolute atomic E-state index is 0.00612. The summed E-state index contributed by atoms with van der Waals surface area (Å²) in [5.74, 6) is -3.69. The maximum absolute atomic E-state index is 14.0. The van der Waals surface area contributed by atoms with Crippen LogP contribution in [0.1, 0.15) is 129 Å². The summed E-state index contributed by atoms with van der Waals surface area (Å²) in [7, 11) is -18.3. The lowest BCUT2D eigenvalue weighted by Crippen LogP contribution is -2.19. The van der Waals surface area contributed by atoms with Gasteiger partial charge in [0, 0.05) is 42.1 Å². The molecule has 12 rings (SSSR count). The third-order valence-electron chi connectivity index (χ3n) is 16.9. The van der Waals surface area contributed by atoms with E-state index in [0.29, 0.717) is 35.5 Å². The van der Waals surface area contributed by atoms with Crippen LogP contribution < -0.4 is 18.9 Å². The van der Waals surface area contributed by atoms with Gasteiger partial charge in [-0.2, -0.15) is 52.7 Å². The number of anilines is 4. The largest absolute Gasteiger partial charge is 0.417 e. The predicted octanol–water partition coefficient (Wildman–Crippen LogP) is 22.3. The van der Waals surface area contributed by atoms with Crippen LogP contribution in [0.3, 0.4) is 0 Å². The molecule has 4 N–H and O–H groups in total.